The molecule has 0 atom stereocenters. The van der Waals surface area contributed by atoms with Crippen LogP contribution in [0.5, 0.6) is 11.5 Å². The van der Waals surface area contributed by atoms with Crippen LogP contribution in [0.3, 0.4) is 0 Å². The van der Waals surface area contributed by atoms with Gasteiger partial charge in [0.15, 0.2) is 0 Å². The molecule has 0 bridgehead atoms. The van der Waals surface area contributed by atoms with E-state index in [1.165, 1.54) is 0 Å². The largest absolute Gasteiger partial charge is 0.492 e. The van der Waals surface area contributed by atoms with Crippen molar-refractivity contribution in [3.63, 3.8) is 0 Å². The summed E-state index contributed by atoms with van der Waals surface area (Å²) in [6.45, 7) is 6.37. The Hall–Kier alpha value is -1.82. The first-order chi connectivity index (χ1) is 11.4. The predicted octanol–water partition coefficient (Wildman–Crippen LogP) is 5.38. The number of halogens is 3. The van der Waals surface area contributed by atoms with E-state index >= 15 is 0 Å². The first kappa shape index (κ1) is 20.2. The van der Waals surface area contributed by atoms with Gasteiger partial charge in [-0.3, -0.25) is 0 Å². The zero-order chi connectivity index (χ0) is 17.9. The Morgan fingerprint density at radius 1 is 1.17 bits per heavy atom. The Balaban J connectivity index is 2.43. The van der Waals surface area contributed by atoms with Crippen molar-refractivity contribution in [3.8, 4) is 11.5 Å². The summed E-state index contributed by atoms with van der Waals surface area (Å²) in [5.74, 6) is 0.989. The number of rotatable bonds is 10. The van der Waals surface area contributed by atoms with E-state index in [1.807, 2.05) is 20.8 Å². The molecule has 134 valence electrons. The number of ether oxygens (including phenoxy) is 2. The van der Waals surface area contributed by atoms with Gasteiger partial charge in [0.25, 0.3) is 6.08 Å². The Morgan fingerprint density at radius 3 is 2.50 bits per heavy atom. The van der Waals surface area contributed by atoms with Crippen LogP contribution in [0, 0.1) is 6.92 Å². The summed E-state index contributed by atoms with van der Waals surface area (Å²) in [4.78, 5) is 5.10. The van der Waals surface area contributed by atoms with Crippen LogP contribution >= 0.6 is 11.6 Å². The highest BCUT2D eigenvalue weighted by molar-refractivity contribution is 6.32. The molecule has 0 heterocycles. The molecule has 0 spiro atoms. The lowest BCUT2D eigenvalue weighted by atomic mass is 10.2. The van der Waals surface area contributed by atoms with Crippen molar-refractivity contribution in [3.05, 3.63) is 34.9 Å². The minimum absolute atomic E-state index is 0.210. The third-order valence-corrected chi connectivity index (χ3v) is 3.09. The number of oxime groups is 1. The van der Waals surface area contributed by atoms with Crippen molar-refractivity contribution < 1.29 is 23.1 Å². The summed E-state index contributed by atoms with van der Waals surface area (Å²) in [5, 5.41) is 4.23. The summed E-state index contributed by atoms with van der Waals surface area (Å²) in [5.41, 5.74) is 1.66. The van der Waals surface area contributed by atoms with Crippen molar-refractivity contribution in [2.24, 2.45) is 5.16 Å². The van der Waals surface area contributed by atoms with E-state index in [2.05, 4.69) is 5.16 Å². The zero-order valence-electron chi connectivity index (χ0n) is 14.1. The van der Waals surface area contributed by atoms with Crippen molar-refractivity contribution in [2.75, 3.05) is 19.8 Å². The maximum atomic E-state index is 12.0. The van der Waals surface area contributed by atoms with Gasteiger partial charge in [-0.05, 0) is 45.2 Å². The molecule has 7 heteroatoms. The van der Waals surface area contributed by atoms with Gasteiger partial charge in [-0.25, -0.2) is 0 Å². The Bertz CT molecular complexity index is 560. The normalized spacial score (nSPS) is 10.1. The summed E-state index contributed by atoms with van der Waals surface area (Å²) in [7, 11) is 0. The van der Waals surface area contributed by atoms with E-state index in [0.717, 1.165) is 24.1 Å². The number of aryl methyl sites for hydroxylation is 1. The van der Waals surface area contributed by atoms with Crippen molar-refractivity contribution in [1.29, 1.82) is 0 Å². The SMILES string of the molecule is CC(C)=NOCCCCOc1c(C)cc(OCC=C(F)F)cc1Cl. The van der Waals surface area contributed by atoms with E-state index in [0.29, 0.717) is 35.8 Å². The standard InChI is InChI=1S/C17H22ClF2NO3/c1-12(2)21-24-8-5-4-7-23-17-13(3)10-14(11-15(17)18)22-9-6-16(19)20/h6,10-11H,4-5,7-9H2,1-3H3. The van der Waals surface area contributed by atoms with Gasteiger partial charge < -0.3 is 14.3 Å². The molecule has 1 aromatic rings. The molecule has 0 aliphatic heterocycles. The molecule has 1 aromatic carbocycles. The van der Waals surface area contributed by atoms with Gasteiger partial charge >= 0.3 is 0 Å². The second-order valence-corrected chi connectivity index (χ2v) is 5.69. The van der Waals surface area contributed by atoms with Crippen molar-refractivity contribution >= 4 is 17.3 Å². The molecule has 0 radical (unpaired) electrons. The van der Waals surface area contributed by atoms with Crippen molar-refractivity contribution in [2.45, 2.75) is 33.6 Å². The summed E-state index contributed by atoms with van der Waals surface area (Å²) in [6.07, 6.45) is 0.532. The van der Waals surface area contributed by atoms with E-state index in [4.69, 9.17) is 25.9 Å². The molecule has 0 aliphatic carbocycles. The van der Waals surface area contributed by atoms with E-state index in [1.54, 1.807) is 12.1 Å². The van der Waals surface area contributed by atoms with Gasteiger partial charge in [0.1, 0.15) is 24.7 Å². The minimum Gasteiger partial charge on any atom is -0.492 e. The lowest BCUT2D eigenvalue weighted by Gasteiger charge is -2.13. The molecule has 0 aliphatic rings. The van der Waals surface area contributed by atoms with Crippen LogP contribution in [-0.4, -0.2) is 25.5 Å². The molecule has 0 N–H and O–H groups in total. The number of hydrogen-bond acceptors (Lipinski definition) is 4. The Kier molecular flexibility index (Phi) is 9.15. The van der Waals surface area contributed by atoms with Gasteiger partial charge in [-0.1, -0.05) is 16.8 Å². The molecule has 24 heavy (non-hydrogen) atoms. The lowest BCUT2D eigenvalue weighted by Crippen LogP contribution is -2.02. The van der Waals surface area contributed by atoms with Crippen LogP contribution in [-0.2, 0) is 4.84 Å². The number of nitrogens with zero attached hydrogens (tertiary/aromatic N) is 1. The number of benzene rings is 1. The molecule has 0 amide bonds. The highest BCUT2D eigenvalue weighted by Gasteiger charge is 2.09. The lowest BCUT2D eigenvalue weighted by molar-refractivity contribution is 0.135. The van der Waals surface area contributed by atoms with Gasteiger partial charge in [0.05, 0.1) is 17.3 Å². The highest BCUT2D eigenvalue weighted by atomic mass is 35.5. The van der Waals surface area contributed by atoms with E-state index in [9.17, 15) is 8.78 Å². The molecule has 4 nitrogen and oxygen atoms in total. The third-order valence-electron chi connectivity index (χ3n) is 2.81. The Morgan fingerprint density at radius 2 is 1.88 bits per heavy atom. The summed E-state index contributed by atoms with van der Waals surface area (Å²) < 4.78 is 34.8. The minimum atomic E-state index is -1.78. The first-order valence-corrected chi connectivity index (χ1v) is 7.98. The molecule has 0 unspecified atom stereocenters. The monoisotopic (exact) mass is 361 g/mol. The van der Waals surface area contributed by atoms with Gasteiger partial charge in [-0.2, -0.15) is 8.78 Å². The molecule has 0 aromatic heterocycles. The van der Waals surface area contributed by atoms with Crippen LogP contribution in [0.2, 0.25) is 5.02 Å². The predicted molar refractivity (Wildman–Crippen MR) is 91.4 cm³/mol. The summed E-state index contributed by atoms with van der Waals surface area (Å²) in [6, 6.07) is 3.25. The molecule has 0 saturated heterocycles. The topological polar surface area (TPSA) is 40.0 Å². The van der Waals surface area contributed by atoms with Crippen LogP contribution in [0.4, 0.5) is 8.78 Å². The van der Waals surface area contributed by atoms with Gasteiger partial charge in [0, 0.05) is 12.1 Å². The van der Waals surface area contributed by atoms with Gasteiger partial charge in [0.2, 0.25) is 0 Å². The highest BCUT2D eigenvalue weighted by Crippen LogP contribution is 2.33. The number of hydrogen-bond donors (Lipinski definition) is 0. The summed E-state index contributed by atoms with van der Waals surface area (Å²) >= 11 is 6.16. The fourth-order valence-electron chi connectivity index (χ4n) is 1.78. The van der Waals surface area contributed by atoms with E-state index in [-0.39, 0.29) is 6.61 Å². The zero-order valence-corrected chi connectivity index (χ0v) is 14.8. The van der Waals surface area contributed by atoms with Crippen molar-refractivity contribution in [1.82, 2.24) is 0 Å². The second kappa shape index (κ2) is 10.9. The molecular weight excluding hydrogens is 340 g/mol. The van der Waals surface area contributed by atoms with Gasteiger partial charge in [-0.15, -0.1) is 0 Å². The average Bonchev–Trinajstić information content (AvgIpc) is 2.47. The molecule has 1 rings (SSSR count). The number of unbranched alkanes of at least 4 members (excludes halogenated alkanes) is 1. The van der Waals surface area contributed by atoms with E-state index < -0.39 is 6.08 Å². The molecule has 0 saturated carbocycles. The maximum Gasteiger partial charge on any atom is 0.269 e. The third kappa shape index (κ3) is 8.15. The van der Waals surface area contributed by atoms with Crippen LogP contribution in [0.15, 0.2) is 29.4 Å². The smallest absolute Gasteiger partial charge is 0.269 e. The Labute approximate surface area is 146 Å². The van der Waals surface area contributed by atoms with Crippen LogP contribution < -0.4 is 9.47 Å². The van der Waals surface area contributed by atoms with Crippen LogP contribution in [0.25, 0.3) is 0 Å². The average molecular weight is 362 g/mol. The second-order valence-electron chi connectivity index (χ2n) is 5.28. The maximum absolute atomic E-state index is 12.0. The molecular formula is C17H22ClF2NO3. The van der Waals surface area contributed by atoms with Crippen LogP contribution in [0.1, 0.15) is 32.3 Å². The molecule has 0 fully saturated rings. The fraction of sp³-hybridized carbons (Fsp3) is 0.471. The first-order valence-electron chi connectivity index (χ1n) is 7.60. The quantitative estimate of drug-likeness (QED) is 0.319. The fourth-order valence-corrected chi connectivity index (χ4v) is 2.10.